The average Bonchev–Trinajstić information content (AvgIpc) is 3.20. The van der Waals surface area contributed by atoms with Gasteiger partial charge in [-0.05, 0) is 31.4 Å². The molecule has 1 aromatic heterocycles. The van der Waals surface area contributed by atoms with Crippen molar-refractivity contribution in [1.29, 1.82) is 0 Å². The molecule has 0 saturated carbocycles. The highest BCUT2D eigenvalue weighted by Gasteiger charge is 2.25. The zero-order valence-corrected chi connectivity index (χ0v) is 20.0. The Bertz CT molecular complexity index is 859. The van der Waals surface area contributed by atoms with Crippen molar-refractivity contribution < 1.29 is 14.3 Å². The van der Waals surface area contributed by atoms with Crippen molar-refractivity contribution in [3.8, 4) is 5.75 Å². The molecule has 0 N–H and O–H groups in total. The Labute approximate surface area is 193 Å². The normalized spacial score (nSPS) is 16.7. The minimum absolute atomic E-state index is 0.111. The Morgan fingerprint density at radius 2 is 2.06 bits per heavy atom. The fourth-order valence-corrected chi connectivity index (χ4v) is 4.76. The number of nitrogens with zero attached hydrogens (tertiary/aromatic N) is 4. The third-order valence-corrected chi connectivity index (χ3v) is 6.75. The van der Waals surface area contributed by atoms with Gasteiger partial charge in [-0.25, -0.2) is 0 Å². The Morgan fingerprint density at radius 1 is 1.29 bits per heavy atom. The van der Waals surface area contributed by atoms with E-state index < -0.39 is 0 Å². The van der Waals surface area contributed by atoms with Crippen molar-refractivity contribution >= 4 is 29.3 Å². The molecule has 1 aromatic carbocycles. The van der Waals surface area contributed by atoms with E-state index in [-0.39, 0.29) is 24.7 Å². The summed E-state index contributed by atoms with van der Waals surface area (Å²) in [4.78, 5) is 14.7. The van der Waals surface area contributed by atoms with E-state index in [0.29, 0.717) is 36.2 Å². The first-order valence-corrected chi connectivity index (χ1v) is 12.3. The number of carbonyl (C=O) groups excluding carboxylic acids is 1. The molecule has 1 amide bonds. The van der Waals surface area contributed by atoms with Gasteiger partial charge in [-0.2, -0.15) is 0 Å². The molecule has 170 valence electrons. The average molecular weight is 467 g/mol. The molecular weight excluding hydrogens is 436 g/mol. The van der Waals surface area contributed by atoms with Crippen LogP contribution in [0.3, 0.4) is 0 Å². The van der Waals surface area contributed by atoms with Gasteiger partial charge in [0.1, 0.15) is 12.4 Å². The number of para-hydroxylation sites is 1. The van der Waals surface area contributed by atoms with E-state index in [1.54, 1.807) is 6.07 Å². The SMILES string of the molecule is CCC1CN(C(=O)CSc2nnc(COc3ccccc3Cl)n2C(CC)CC)CCO1. The first kappa shape index (κ1) is 23.9. The molecule has 0 aliphatic carbocycles. The maximum absolute atomic E-state index is 12.8. The fourth-order valence-electron chi connectivity index (χ4n) is 3.64. The van der Waals surface area contributed by atoms with Gasteiger partial charge < -0.3 is 18.9 Å². The van der Waals surface area contributed by atoms with E-state index in [0.717, 1.165) is 30.2 Å². The number of ether oxygens (including phenoxy) is 2. The van der Waals surface area contributed by atoms with E-state index in [1.165, 1.54) is 11.8 Å². The van der Waals surface area contributed by atoms with Gasteiger partial charge >= 0.3 is 0 Å². The van der Waals surface area contributed by atoms with Crippen molar-refractivity contribution in [3.63, 3.8) is 0 Å². The van der Waals surface area contributed by atoms with Gasteiger partial charge in [-0.3, -0.25) is 4.79 Å². The molecule has 9 heteroatoms. The van der Waals surface area contributed by atoms with Crippen LogP contribution in [-0.4, -0.2) is 57.1 Å². The predicted molar refractivity (Wildman–Crippen MR) is 123 cm³/mol. The molecule has 31 heavy (non-hydrogen) atoms. The van der Waals surface area contributed by atoms with Crippen LogP contribution in [0.4, 0.5) is 0 Å². The van der Waals surface area contributed by atoms with Gasteiger partial charge in [0.15, 0.2) is 11.0 Å². The second-order valence-corrected chi connectivity index (χ2v) is 8.84. The molecule has 0 spiro atoms. The molecule has 0 bridgehead atoms. The molecule has 1 fully saturated rings. The number of rotatable bonds is 10. The lowest BCUT2D eigenvalue weighted by molar-refractivity contribution is -0.135. The third kappa shape index (κ3) is 6.14. The number of hydrogen-bond donors (Lipinski definition) is 0. The Balaban J connectivity index is 1.69. The zero-order chi connectivity index (χ0) is 22.2. The number of halogens is 1. The molecule has 1 atom stereocenters. The first-order valence-electron chi connectivity index (χ1n) is 10.9. The van der Waals surface area contributed by atoms with E-state index >= 15 is 0 Å². The highest BCUT2D eigenvalue weighted by atomic mass is 35.5. The summed E-state index contributed by atoms with van der Waals surface area (Å²) in [5.74, 6) is 1.80. The van der Waals surface area contributed by atoms with E-state index in [4.69, 9.17) is 21.1 Å². The number of carbonyl (C=O) groups is 1. The number of aromatic nitrogens is 3. The zero-order valence-electron chi connectivity index (χ0n) is 18.4. The van der Waals surface area contributed by atoms with Crippen molar-refractivity contribution in [2.24, 2.45) is 0 Å². The van der Waals surface area contributed by atoms with Gasteiger partial charge in [0, 0.05) is 19.1 Å². The summed E-state index contributed by atoms with van der Waals surface area (Å²) >= 11 is 7.65. The minimum atomic E-state index is 0.111. The summed E-state index contributed by atoms with van der Waals surface area (Å²) in [5.41, 5.74) is 0. The maximum Gasteiger partial charge on any atom is 0.233 e. The monoisotopic (exact) mass is 466 g/mol. The highest BCUT2D eigenvalue weighted by molar-refractivity contribution is 7.99. The van der Waals surface area contributed by atoms with Crippen LogP contribution in [0.1, 0.15) is 51.9 Å². The lowest BCUT2D eigenvalue weighted by Gasteiger charge is -2.32. The minimum Gasteiger partial charge on any atom is -0.484 e. The van der Waals surface area contributed by atoms with E-state index in [9.17, 15) is 4.79 Å². The Hall–Kier alpha value is -1.77. The molecule has 1 aliphatic heterocycles. The molecule has 7 nitrogen and oxygen atoms in total. The van der Waals surface area contributed by atoms with Gasteiger partial charge in [0.2, 0.25) is 5.91 Å². The summed E-state index contributed by atoms with van der Waals surface area (Å²) in [7, 11) is 0. The number of thioether (sulfide) groups is 1. The van der Waals surface area contributed by atoms with Crippen LogP contribution in [0.15, 0.2) is 29.4 Å². The lowest BCUT2D eigenvalue weighted by Crippen LogP contribution is -2.46. The van der Waals surface area contributed by atoms with Crippen LogP contribution in [-0.2, 0) is 16.1 Å². The fraction of sp³-hybridized carbons (Fsp3) is 0.591. The predicted octanol–water partition coefficient (Wildman–Crippen LogP) is 4.60. The van der Waals surface area contributed by atoms with Gasteiger partial charge in [0.05, 0.1) is 23.5 Å². The Morgan fingerprint density at radius 3 is 2.77 bits per heavy atom. The van der Waals surface area contributed by atoms with Crippen LogP contribution in [0.5, 0.6) is 5.75 Å². The largest absolute Gasteiger partial charge is 0.484 e. The van der Waals surface area contributed by atoms with Gasteiger partial charge in [-0.1, -0.05) is 56.3 Å². The number of benzene rings is 1. The van der Waals surface area contributed by atoms with E-state index in [2.05, 4.69) is 35.5 Å². The summed E-state index contributed by atoms with van der Waals surface area (Å²) in [6, 6.07) is 7.62. The highest BCUT2D eigenvalue weighted by Crippen LogP contribution is 2.28. The molecule has 1 unspecified atom stereocenters. The summed E-state index contributed by atoms with van der Waals surface area (Å²) < 4.78 is 13.7. The number of amides is 1. The van der Waals surface area contributed by atoms with Gasteiger partial charge in [0.25, 0.3) is 0 Å². The van der Waals surface area contributed by atoms with Crippen LogP contribution >= 0.6 is 23.4 Å². The quantitative estimate of drug-likeness (QED) is 0.476. The molecule has 3 rings (SSSR count). The smallest absolute Gasteiger partial charge is 0.233 e. The molecule has 2 aromatic rings. The van der Waals surface area contributed by atoms with Crippen LogP contribution < -0.4 is 4.74 Å². The molecule has 1 aliphatic rings. The second-order valence-electron chi connectivity index (χ2n) is 7.49. The lowest BCUT2D eigenvalue weighted by atomic mass is 10.2. The Kier molecular flexibility index (Phi) is 9.04. The topological polar surface area (TPSA) is 69.5 Å². The van der Waals surface area contributed by atoms with Crippen molar-refractivity contribution in [1.82, 2.24) is 19.7 Å². The standard InChI is InChI=1S/C22H31ClN4O3S/c1-4-16(5-2)27-20(14-30-19-10-8-7-9-18(19)23)24-25-22(27)31-15-21(28)26-11-12-29-17(6-3)13-26/h7-10,16-17H,4-6,11-15H2,1-3H3. The van der Waals surface area contributed by atoms with E-state index in [1.807, 2.05) is 23.1 Å². The van der Waals surface area contributed by atoms with Crippen LogP contribution in [0.2, 0.25) is 5.02 Å². The summed E-state index contributed by atoms with van der Waals surface area (Å²) in [5, 5.41) is 10.1. The first-order chi connectivity index (χ1) is 15.1. The third-order valence-electron chi connectivity index (χ3n) is 5.51. The summed E-state index contributed by atoms with van der Waals surface area (Å²) in [6.07, 6.45) is 2.92. The number of hydrogen-bond acceptors (Lipinski definition) is 6. The molecule has 2 heterocycles. The summed E-state index contributed by atoms with van der Waals surface area (Å²) in [6.45, 7) is 8.54. The van der Waals surface area contributed by atoms with Crippen molar-refractivity contribution in [2.75, 3.05) is 25.4 Å². The molecule has 0 radical (unpaired) electrons. The van der Waals surface area contributed by atoms with Crippen LogP contribution in [0.25, 0.3) is 0 Å². The number of morpholine rings is 1. The van der Waals surface area contributed by atoms with Crippen molar-refractivity contribution in [2.45, 2.75) is 63.9 Å². The second kappa shape index (κ2) is 11.7. The van der Waals surface area contributed by atoms with Crippen LogP contribution in [0, 0.1) is 0 Å². The molecule has 1 saturated heterocycles. The van der Waals surface area contributed by atoms with Crippen molar-refractivity contribution in [3.05, 3.63) is 35.1 Å². The van der Waals surface area contributed by atoms with Gasteiger partial charge in [-0.15, -0.1) is 10.2 Å². The maximum atomic E-state index is 12.8. The molecular formula is C22H31ClN4O3S.